The van der Waals surface area contributed by atoms with Crippen molar-refractivity contribution in [2.75, 3.05) is 0 Å². The molecule has 0 fully saturated rings. The Morgan fingerprint density at radius 3 is 1.63 bits per heavy atom. The van der Waals surface area contributed by atoms with E-state index < -0.39 is 35.4 Å². The summed E-state index contributed by atoms with van der Waals surface area (Å²) >= 11 is 0. The quantitative estimate of drug-likeness (QED) is 0.839. The first-order valence-electron chi connectivity index (χ1n) is 4.70. The number of aromatic hydroxyl groups is 1. The van der Waals surface area contributed by atoms with Gasteiger partial charge in [-0.3, -0.25) is 0 Å². The number of halogens is 7. The summed E-state index contributed by atoms with van der Waals surface area (Å²) in [6.07, 6.45) is -9.88. The monoisotopic (exact) mass is 292 g/mol. The molecule has 9 heteroatoms. The number of phenols is 1. The van der Waals surface area contributed by atoms with Crippen molar-refractivity contribution in [1.29, 1.82) is 0 Å². The molecule has 0 radical (unpaired) electrons. The molecule has 1 atom stereocenters. The van der Waals surface area contributed by atoms with Crippen molar-refractivity contribution in [2.45, 2.75) is 24.1 Å². The van der Waals surface area contributed by atoms with E-state index in [4.69, 9.17) is 10.2 Å². The van der Waals surface area contributed by atoms with Crippen LogP contribution in [0.4, 0.5) is 30.7 Å². The number of benzene rings is 1. The zero-order chi connectivity index (χ0) is 15.1. The van der Waals surface area contributed by atoms with Crippen LogP contribution in [0.1, 0.15) is 11.7 Å². The molecule has 0 aliphatic carbocycles. The molecule has 19 heavy (non-hydrogen) atoms. The molecule has 0 saturated carbocycles. The van der Waals surface area contributed by atoms with Gasteiger partial charge in [-0.05, 0) is 17.7 Å². The Morgan fingerprint density at radius 2 is 1.26 bits per heavy atom. The van der Waals surface area contributed by atoms with E-state index in [1.807, 2.05) is 0 Å². The van der Waals surface area contributed by atoms with Gasteiger partial charge in [-0.15, -0.1) is 0 Å². The lowest BCUT2D eigenvalue weighted by Gasteiger charge is -2.31. The van der Waals surface area contributed by atoms with Crippen molar-refractivity contribution in [2.24, 2.45) is 0 Å². The third-order valence-corrected chi connectivity index (χ3v) is 2.33. The van der Waals surface area contributed by atoms with Gasteiger partial charge in [0, 0.05) is 0 Å². The molecule has 1 unspecified atom stereocenters. The first-order valence-corrected chi connectivity index (χ1v) is 4.70. The topological polar surface area (TPSA) is 40.5 Å². The molecular formula is C10H7F7O2. The molecule has 0 amide bonds. The molecule has 0 spiro atoms. The van der Waals surface area contributed by atoms with E-state index in [9.17, 15) is 30.7 Å². The lowest BCUT2D eigenvalue weighted by molar-refractivity contribution is -0.372. The van der Waals surface area contributed by atoms with Crippen LogP contribution in [0, 0.1) is 0 Å². The number of aliphatic hydroxyl groups excluding tert-OH is 1. The maximum absolute atomic E-state index is 13.1. The summed E-state index contributed by atoms with van der Waals surface area (Å²) in [5.41, 5.74) is -0.883. The summed E-state index contributed by atoms with van der Waals surface area (Å²) < 4.78 is 87.1. The van der Waals surface area contributed by atoms with E-state index in [0.717, 1.165) is 12.1 Å². The highest BCUT2D eigenvalue weighted by Gasteiger charge is 2.75. The van der Waals surface area contributed by atoms with Crippen LogP contribution in [0.3, 0.4) is 0 Å². The smallest absolute Gasteiger partial charge is 0.459 e. The van der Waals surface area contributed by atoms with Gasteiger partial charge < -0.3 is 10.2 Å². The Kier molecular flexibility index (Phi) is 3.72. The molecule has 0 aromatic heterocycles. The first-order chi connectivity index (χ1) is 8.41. The Hall–Kier alpha value is -1.51. The SMILES string of the molecule is Oc1ccc(C(O)C(F)(F)C(F)(F)C(F)(F)F)cc1. The van der Waals surface area contributed by atoms with E-state index in [2.05, 4.69) is 0 Å². The second-order valence-corrected chi connectivity index (χ2v) is 3.69. The summed E-state index contributed by atoms with van der Waals surface area (Å²) in [4.78, 5) is 0. The third-order valence-electron chi connectivity index (χ3n) is 2.33. The van der Waals surface area contributed by atoms with Gasteiger partial charge in [0.2, 0.25) is 0 Å². The molecule has 1 rings (SSSR count). The summed E-state index contributed by atoms with van der Waals surface area (Å²) in [6.45, 7) is 0. The van der Waals surface area contributed by atoms with Crippen LogP contribution in [0.15, 0.2) is 24.3 Å². The molecule has 1 aromatic carbocycles. The summed E-state index contributed by atoms with van der Waals surface area (Å²) in [5.74, 6) is -12.6. The Labute approximate surface area is 102 Å². The summed E-state index contributed by atoms with van der Waals surface area (Å²) in [5, 5.41) is 17.9. The molecule has 0 saturated heterocycles. The van der Waals surface area contributed by atoms with Crippen LogP contribution < -0.4 is 0 Å². The highest BCUT2D eigenvalue weighted by atomic mass is 19.4. The van der Waals surface area contributed by atoms with E-state index in [0.29, 0.717) is 12.1 Å². The molecule has 1 aromatic rings. The molecule has 0 aliphatic heterocycles. The van der Waals surface area contributed by atoms with E-state index in [-0.39, 0.29) is 0 Å². The van der Waals surface area contributed by atoms with Crippen molar-refractivity contribution < 1.29 is 40.9 Å². The standard InChI is InChI=1S/C10H7F7O2/c11-8(12,9(13,14)10(15,16)17)7(19)5-1-3-6(18)4-2-5/h1-4,7,18-19H. The van der Waals surface area contributed by atoms with Crippen LogP contribution in [0.2, 0.25) is 0 Å². The van der Waals surface area contributed by atoms with Crippen molar-refractivity contribution in [1.82, 2.24) is 0 Å². The number of rotatable bonds is 3. The van der Waals surface area contributed by atoms with E-state index >= 15 is 0 Å². The highest BCUT2D eigenvalue weighted by molar-refractivity contribution is 5.28. The second-order valence-electron chi connectivity index (χ2n) is 3.69. The lowest BCUT2D eigenvalue weighted by atomic mass is 9.98. The van der Waals surface area contributed by atoms with Crippen LogP contribution in [0.25, 0.3) is 0 Å². The number of hydrogen-bond donors (Lipinski definition) is 2. The van der Waals surface area contributed by atoms with E-state index in [1.54, 1.807) is 0 Å². The van der Waals surface area contributed by atoms with Crippen molar-refractivity contribution in [3.05, 3.63) is 29.8 Å². The largest absolute Gasteiger partial charge is 0.508 e. The van der Waals surface area contributed by atoms with Crippen molar-refractivity contribution >= 4 is 0 Å². The van der Waals surface area contributed by atoms with Crippen LogP contribution in [-0.4, -0.2) is 28.2 Å². The van der Waals surface area contributed by atoms with Gasteiger partial charge in [0.05, 0.1) is 0 Å². The number of hydrogen-bond acceptors (Lipinski definition) is 2. The molecule has 2 nitrogen and oxygen atoms in total. The second kappa shape index (κ2) is 4.55. The average Bonchev–Trinajstić information content (AvgIpc) is 2.27. The predicted molar refractivity (Wildman–Crippen MR) is 49.0 cm³/mol. The molecule has 0 heterocycles. The summed E-state index contributed by atoms with van der Waals surface area (Å²) in [7, 11) is 0. The zero-order valence-corrected chi connectivity index (χ0v) is 8.93. The lowest BCUT2D eigenvalue weighted by Crippen LogP contribution is -2.54. The van der Waals surface area contributed by atoms with Gasteiger partial charge in [0.15, 0.2) is 0 Å². The Bertz CT molecular complexity index is 438. The van der Waals surface area contributed by atoms with Gasteiger partial charge in [0.25, 0.3) is 0 Å². The van der Waals surface area contributed by atoms with Crippen molar-refractivity contribution in [3.63, 3.8) is 0 Å². The van der Waals surface area contributed by atoms with Gasteiger partial charge in [-0.1, -0.05) is 12.1 Å². The minimum absolute atomic E-state index is 0.429. The fraction of sp³-hybridized carbons (Fsp3) is 0.400. The molecule has 2 N–H and O–H groups in total. The number of phenolic OH excluding ortho intramolecular Hbond substituents is 1. The van der Waals surface area contributed by atoms with Crippen LogP contribution in [-0.2, 0) is 0 Å². The molecular weight excluding hydrogens is 285 g/mol. The Balaban J connectivity index is 3.16. The van der Waals surface area contributed by atoms with Gasteiger partial charge in [0.1, 0.15) is 11.9 Å². The minimum atomic E-state index is -6.51. The van der Waals surface area contributed by atoms with Gasteiger partial charge in [-0.25, -0.2) is 0 Å². The highest BCUT2D eigenvalue weighted by Crippen LogP contribution is 2.51. The predicted octanol–water partition coefficient (Wildman–Crippen LogP) is 3.26. The molecule has 0 aliphatic rings. The number of alkyl halides is 7. The normalized spacial score (nSPS) is 15.4. The molecule has 108 valence electrons. The first kappa shape index (κ1) is 15.5. The van der Waals surface area contributed by atoms with Crippen LogP contribution in [0.5, 0.6) is 5.75 Å². The maximum Gasteiger partial charge on any atom is 0.459 e. The van der Waals surface area contributed by atoms with E-state index in [1.165, 1.54) is 0 Å². The minimum Gasteiger partial charge on any atom is -0.508 e. The molecule has 0 bridgehead atoms. The van der Waals surface area contributed by atoms with Crippen LogP contribution >= 0.6 is 0 Å². The third kappa shape index (κ3) is 2.60. The average molecular weight is 292 g/mol. The zero-order valence-electron chi connectivity index (χ0n) is 8.93. The van der Waals surface area contributed by atoms with Crippen molar-refractivity contribution in [3.8, 4) is 5.75 Å². The summed E-state index contributed by atoms with van der Waals surface area (Å²) in [6, 6.07) is 2.75. The Morgan fingerprint density at radius 1 is 0.842 bits per heavy atom. The maximum atomic E-state index is 13.1. The fourth-order valence-electron chi connectivity index (χ4n) is 1.23. The fourth-order valence-corrected chi connectivity index (χ4v) is 1.23. The van der Waals surface area contributed by atoms with Gasteiger partial charge in [-0.2, -0.15) is 30.7 Å². The van der Waals surface area contributed by atoms with Gasteiger partial charge >= 0.3 is 18.0 Å². The number of aliphatic hydroxyl groups is 1.